The molecule has 0 bridgehead atoms. The topological polar surface area (TPSA) is 40.5 Å². The summed E-state index contributed by atoms with van der Waals surface area (Å²) in [5.41, 5.74) is 0. The van der Waals surface area contributed by atoms with Crippen LogP contribution >= 0.6 is 0 Å². The average molecular weight is 225 g/mol. The normalized spacial score (nSPS) is 41.1. The van der Waals surface area contributed by atoms with Crippen LogP contribution in [0.1, 0.15) is 46.0 Å². The summed E-state index contributed by atoms with van der Waals surface area (Å²) in [6.07, 6.45) is 5.65. The fourth-order valence-electron chi connectivity index (χ4n) is 3.47. The molecule has 1 aliphatic carbocycles. The second-order valence-corrected chi connectivity index (χ2v) is 5.57. The standard InChI is InChI=1S/C13H23NO2/c1-9-5-3-6-11(10(9)2)14-8-4-7-12(14)13(15)16/h9-12H,3-8H2,1-2H3,(H,15,16). The summed E-state index contributed by atoms with van der Waals surface area (Å²) in [6, 6.07) is 0.296. The summed E-state index contributed by atoms with van der Waals surface area (Å²) in [5.74, 6) is 0.769. The van der Waals surface area contributed by atoms with E-state index in [4.69, 9.17) is 0 Å². The molecule has 0 radical (unpaired) electrons. The highest BCUT2D eigenvalue weighted by atomic mass is 16.4. The molecule has 0 aromatic heterocycles. The van der Waals surface area contributed by atoms with Crippen molar-refractivity contribution in [3.05, 3.63) is 0 Å². The van der Waals surface area contributed by atoms with Gasteiger partial charge in [0.1, 0.15) is 6.04 Å². The van der Waals surface area contributed by atoms with Crippen LogP contribution in [0, 0.1) is 11.8 Å². The van der Waals surface area contributed by atoms with Crippen molar-refractivity contribution in [3.8, 4) is 0 Å². The quantitative estimate of drug-likeness (QED) is 0.784. The molecule has 2 fully saturated rings. The fraction of sp³-hybridized carbons (Fsp3) is 0.923. The largest absolute Gasteiger partial charge is 0.480 e. The molecule has 2 aliphatic rings. The maximum atomic E-state index is 11.2. The van der Waals surface area contributed by atoms with E-state index >= 15 is 0 Å². The molecule has 3 nitrogen and oxygen atoms in total. The monoisotopic (exact) mass is 225 g/mol. The Balaban J connectivity index is 2.07. The van der Waals surface area contributed by atoms with Gasteiger partial charge < -0.3 is 5.11 Å². The van der Waals surface area contributed by atoms with Gasteiger partial charge in [-0.25, -0.2) is 0 Å². The van der Waals surface area contributed by atoms with E-state index in [1.54, 1.807) is 0 Å². The van der Waals surface area contributed by atoms with Crippen LogP contribution in [0.2, 0.25) is 0 Å². The van der Waals surface area contributed by atoms with E-state index in [1.807, 2.05) is 0 Å². The summed E-state index contributed by atoms with van der Waals surface area (Å²) >= 11 is 0. The first-order chi connectivity index (χ1) is 7.61. The lowest BCUT2D eigenvalue weighted by Gasteiger charge is -2.41. The van der Waals surface area contributed by atoms with E-state index in [0.29, 0.717) is 12.0 Å². The molecule has 3 heteroatoms. The molecule has 0 aromatic carbocycles. The molecule has 4 unspecified atom stereocenters. The molecule has 4 atom stereocenters. The van der Waals surface area contributed by atoms with Crippen molar-refractivity contribution in [2.24, 2.45) is 11.8 Å². The lowest BCUT2D eigenvalue weighted by molar-refractivity contribution is -0.143. The molecular weight excluding hydrogens is 202 g/mol. The Hall–Kier alpha value is -0.570. The zero-order valence-electron chi connectivity index (χ0n) is 10.4. The number of carboxylic acids is 1. The second-order valence-electron chi connectivity index (χ2n) is 5.57. The minimum atomic E-state index is -0.622. The Morgan fingerprint density at radius 2 is 1.94 bits per heavy atom. The van der Waals surface area contributed by atoms with Crippen molar-refractivity contribution in [1.29, 1.82) is 0 Å². The summed E-state index contributed by atoms with van der Waals surface area (Å²) < 4.78 is 0. The van der Waals surface area contributed by atoms with Crippen molar-refractivity contribution < 1.29 is 9.90 Å². The molecule has 1 heterocycles. The maximum Gasteiger partial charge on any atom is 0.320 e. The maximum absolute atomic E-state index is 11.2. The number of hydrogen-bond acceptors (Lipinski definition) is 2. The van der Waals surface area contributed by atoms with Crippen LogP contribution in [-0.4, -0.2) is 34.6 Å². The Labute approximate surface area is 97.8 Å². The van der Waals surface area contributed by atoms with Crippen molar-refractivity contribution in [2.75, 3.05) is 6.54 Å². The molecule has 0 spiro atoms. The lowest BCUT2D eigenvalue weighted by atomic mass is 9.77. The summed E-state index contributed by atoms with van der Waals surface area (Å²) in [7, 11) is 0. The zero-order chi connectivity index (χ0) is 11.7. The van der Waals surface area contributed by atoms with Crippen LogP contribution < -0.4 is 0 Å². The third-order valence-corrected chi connectivity index (χ3v) is 4.67. The Morgan fingerprint density at radius 3 is 2.62 bits per heavy atom. The molecule has 0 aromatic rings. The number of rotatable bonds is 2. The summed E-state index contributed by atoms with van der Waals surface area (Å²) in [4.78, 5) is 13.5. The molecule has 1 saturated carbocycles. The number of nitrogens with zero attached hydrogens (tertiary/aromatic N) is 1. The van der Waals surface area contributed by atoms with E-state index < -0.39 is 5.97 Å². The van der Waals surface area contributed by atoms with E-state index in [2.05, 4.69) is 18.7 Å². The number of carboxylic acid groups (broad SMARTS) is 1. The Morgan fingerprint density at radius 1 is 1.19 bits per heavy atom. The minimum Gasteiger partial charge on any atom is -0.480 e. The van der Waals surface area contributed by atoms with Crippen LogP contribution in [0.25, 0.3) is 0 Å². The zero-order valence-corrected chi connectivity index (χ0v) is 10.4. The second kappa shape index (κ2) is 4.74. The summed E-state index contributed by atoms with van der Waals surface area (Å²) in [5, 5.41) is 9.22. The fourth-order valence-corrected chi connectivity index (χ4v) is 3.47. The van der Waals surface area contributed by atoms with E-state index in [9.17, 15) is 9.90 Å². The third-order valence-electron chi connectivity index (χ3n) is 4.67. The Kier molecular flexibility index (Phi) is 3.53. The van der Waals surface area contributed by atoms with E-state index in [1.165, 1.54) is 19.3 Å². The van der Waals surface area contributed by atoms with Crippen LogP contribution in [-0.2, 0) is 4.79 Å². The van der Waals surface area contributed by atoms with Crippen molar-refractivity contribution in [1.82, 2.24) is 4.90 Å². The third kappa shape index (κ3) is 2.10. The molecule has 0 amide bonds. The van der Waals surface area contributed by atoms with Gasteiger partial charge in [-0.1, -0.05) is 26.7 Å². The predicted molar refractivity (Wildman–Crippen MR) is 63.3 cm³/mol. The van der Waals surface area contributed by atoms with E-state index in [-0.39, 0.29) is 6.04 Å². The molecule has 2 rings (SSSR count). The number of carbonyl (C=O) groups is 1. The van der Waals surface area contributed by atoms with Gasteiger partial charge in [0.15, 0.2) is 0 Å². The highest BCUT2D eigenvalue weighted by molar-refractivity contribution is 5.73. The van der Waals surface area contributed by atoms with Crippen LogP contribution in [0.15, 0.2) is 0 Å². The molecule has 1 aliphatic heterocycles. The van der Waals surface area contributed by atoms with Crippen molar-refractivity contribution >= 4 is 5.97 Å². The smallest absolute Gasteiger partial charge is 0.320 e. The predicted octanol–water partition coefficient (Wildman–Crippen LogP) is 2.36. The van der Waals surface area contributed by atoms with E-state index in [0.717, 1.165) is 25.3 Å². The Bertz CT molecular complexity index is 267. The van der Waals surface area contributed by atoms with Crippen LogP contribution in [0.4, 0.5) is 0 Å². The minimum absolute atomic E-state index is 0.210. The van der Waals surface area contributed by atoms with Crippen LogP contribution in [0.5, 0.6) is 0 Å². The van der Waals surface area contributed by atoms with Gasteiger partial charge in [-0.2, -0.15) is 0 Å². The first-order valence-corrected chi connectivity index (χ1v) is 6.60. The first-order valence-electron chi connectivity index (χ1n) is 6.60. The number of likely N-dealkylation sites (tertiary alicyclic amines) is 1. The molecular formula is C13H23NO2. The van der Waals surface area contributed by atoms with Gasteiger partial charge in [0, 0.05) is 6.04 Å². The average Bonchev–Trinajstić information content (AvgIpc) is 2.70. The molecule has 16 heavy (non-hydrogen) atoms. The SMILES string of the molecule is CC1CCCC(N2CCCC2C(=O)O)C1C. The highest BCUT2D eigenvalue weighted by Crippen LogP contribution is 2.36. The molecule has 1 N–H and O–H groups in total. The summed E-state index contributed by atoms with van der Waals surface area (Å²) in [6.45, 7) is 5.59. The van der Waals surface area contributed by atoms with Gasteiger partial charge >= 0.3 is 5.97 Å². The van der Waals surface area contributed by atoms with Crippen molar-refractivity contribution in [3.63, 3.8) is 0 Å². The number of hydrogen-bond donors (Lipinski definition) is 1. The lowest BCUT2D eigenvalue weighted by Crippen LogP contribution is -2.48. The van der Waals surface area contributed by atoms with Crippen molar-refractivity contribution in [2.45, 2.75) is 58.0 Å². The molecule has 92 valence electrons. The number of aliphatic carboxylic acids is 1. The van der Waals surface area contributed by atoms with Gasteiger partial charge in [-0.3, -0.25) is 9.69 Å². The van der Waals surface area contributed by atoms with Gasteiger partial charge in [-0.15, -0.1) is 0 Å². The first kappa shape index (κ1) is 11.9. The van der Waals surface area contributed by atoms with Gasteiger partial charge in [-0.05, 0) is 37.6 Å². The van der Waals surface area contributed by atoms with Gasteiger partial charge in [0.2, 0.25) is 0 Å². The van der Waals surface area contributed by atoms with Crippen LogP contribution in [0.3, 0.4) is 0 Å². The molecule has 1 saturated heterocycles. The van der Waals surface area contributed by atoms with Gasteiger partial charge in [0.25, 0.3) is 0 Å². The van der Waals surface area contributed by atoms with Gasteiger partial charge in [0.05, 0.1) is 0 Å². The highest BCUT2D eigenvalue weighted by Gasteiger charge is 2.39.